The zero-order valence-corrected chi connectivity index (χ0v) is 16.8. The molecule has 0 N–H and O–H groups in total. The van der Waals surface area contributed by atoms with E-state index in [0.29, 0.717) is 43.4 Å². The molecule has 0 bridgehead atoms. The third-order valence-electron chi connectivity index (χ3n) is 4.54. The van der Waals surface area contributed by atoms with Crippen molar-refractivity contribution in [1.29, 1.82) is 0 Å². The Morgan fingerprint density at radius 1 is 1.11 bits per heavy atom. The van der Waals surface area contributed by atoms with Crippen LogP contribution in [0.1, 0.15) is 18.2 Å². The Balaban J connectivity index is 1.52. The molecule has 7 heteroatoms. The zero-order valence-electron chi connectivity index (χ0n) is 15.3. The first kappa shape index (κ1) is 19.7. The van der Waals surface area contributed by atoms with E-state index in [9.17, 15) is 9.59 Å². The number of thiophene rings is 1. The van der Waals surface area contributed by atoms with Gasteiger partial charge in [-0.25, -0.2) is 0 Å². The number of rotatable bonds is 5. The van der Waals surface area contributed by atoms with Crippen LogP contribution in [0.2, 0.25) is 5.02 Å². The van der Waals surface area contributed by atoms with Gasteiger partial charge in [0.1, 0.15) is 5.75 Å². The van der Waals surface area contributed by atoms with Crippen molar-refractivity contribution < 1.29 is 14.3 Å². The fourth-order valence-corrected chi connectivity index (χ4v) is 3.91. The standard InChI is InChI=1S/C20H23ClN2O3S/c1-15(26-17-7-5-16(21)6-8-17)20(25)23-10-3-9-22(11-12-23)19(24)14-18-4-2-13-27-18/h2,4-8,13,15H,3,9-12,14H2,1H3. The van der Waals surface area contributed by atoms with Gasteiger partial charge < -0.3 is 14.5 Å². The number of hydrogen-bond donors (Lipinski definition) is 0. The van der Waals surface area contributed by atoms with Crippen LogP contribution in [-0.4, -0.2) is 53.9 Å². The topological polar surface area (TPSA) is 49.9 Å². The first-order valence-electron chi connectivity index (χ1n) is 9.04. The number of ether oxygens (including phenoxy) is 1. The van der Waals surface area contributed by atoms with E-state index in [1.54, 1.807) is 47.4 Å². The number of hydrogen-bond acceptors (Lipinski definition) is 4. The quantitative estimate of drug-likeness (QED) is 0.763. The lowest BCUT2D eigenvalue weighted by molar-refractivity contribution is -0.138. The molecule has 5 nitrogen and oxygen atoms in total. The summed E-state index contributed by atoms with van der Waals surface area (Å²) in [4.78, 5) is 29.9. The number of carbonyl (C=O) groups excluding carboxylic acids is 2. The van der Waals surface area contributed by atoms with Gasteiger partial charge in [0, 0.05) is 36.1 Å². The molecule has 2 aromatic rings. The molecular formula is C20H23ClN2O3S. The van der Waals surface area contributed by atoms with Crippen LogP contribution in [0.3, 0.4) is 0 Å². The highest BCUT2D eigenvalue weighted by Gasteiger charge is 2.26. The van der Waals surface area contributed by atoms with Crippen molar-refractivity contribution in [2.24, 2.45) is 0 Å². The molecule has 1 fully saturated rings. The second-order valence-electron chi connectivity index (χ2n) is 6.53. The molecule has 1 saturated heterocycles. The summed E-state index contributed by atoms with van der Waals surface area (Å²) in [7, 11) is 0. The van der Waals surface area contributed by atoms with E-state index >= 15 is 0 Å². The third kappa shape index (κ3) is 5.47. The Morgan fingerprint density at radius 2 is 1.81 bits per heavy atom. The first-order valence-corrected chi connectivity index (χ1v) is 10.3. The smallest absolute Gasteiger partial charge is 0.263 e. The second-order valence-corrected chi connectivity index (χ2v) is 8.00. The van der Waals surface area contributed by atoms with Gasteiger partial charge in [-0.2, -0.15) is 0 Å². The van der Waals surface area contributed by atoms with Crippen LogP contribution in [-0.2, 0) is 16.0 Å². The van der Waals surface area contributed by atoms with Gasteiger partial charge in [-0.05, 0) is 49.1 Å². The molecule has 0 saturated carbocycles. The largest absolute Gasteiger partial charge is 0.481 e. The normalized spacial score (nSPS) is 15.9. The van der Waals surface area contributed by atoms with Gasteiger partial charge in [0.05, 0.1) is 6.42 Å². The molecule has 1 aliphatic heterocycles. The van der Waals surface area contributed by atoms with Gasteiger partial charge in [-0.15, -0.1) is 11.3 Å². The maximum Gasteiger partial charge on any atom is 0.263 e. The molecule has 1 atom stereocenters. The van der Waals surface area contributed by atoms with Crippen LogP contribution < -0.4 is 4.74 Å². The van der Waals surface area contributed by atoms with E-state index in [1.807, 2.05) is 22.4 Å². The van der Waals surface area contributed by atoms with Gasteiger partial charge in [0.25, 0.3) is 5.91 Å². The van der Waals surface area contributed by atoms with Gasteiger partial charge >= 0.3 is 0 Å². The molecule has 2 amide bonds. The fraction of sp³-hybridized carbons (Fsp3) is 0.400. The predicted molar refractivity (Wildman–Crippen MR) is 107 cm³/mol. The lowest BCUT2D eigenvalue weighted by Gasteiger charge is -2.25. The Bertz CT molecular complexity index is 764. The average Bonchev–Trinajstić information content (AvgIpc) is 3.04. The minimum Gasteiger partial charge on any atom is -0.481 e. The monoisotopic (exact) mass is 406 g/mol. The maximum atomic E-state index is 12.7. The second kappa shape index (κ2) is 9.24. The van der Waals surface area contributed by atoms with Crippen LogP contribution in [0.15, 0.2) is 41.8 Å². The van der Waals surface area contributed by atoms with Crippen LogP contribution >= 0.6 is 22.9 Å². The van der Waals surface area contributed by atoms with E-state index in [-0.39, 0.29) is 11.8 Å². The average molecular weight is 407 g/mol. The van der Waals surface area contributed by atoms with Crippen molar-refractivity contribution in [3.05, 3.63) is 51.7 Å². The van der Waals surface area contributed by atoms with E-state index in [1.165, 1.54) is 0 Å². The summed E-state index contributed by atoms with van der Waals surface area (Å²) < 4.78 is 5.74. The third-order valence-corrected chi connectivity index (χ3v) is 5.67. The van der Waals surface area contributed by atoms with E-state index in [2.05, 4.69) is 0 Å². The van der Waals surface area contributed by atoms with E-state index in [0.717, 1.165) is 11.3 Å². The first-order chi connectivity index (χ1) is 13.0. The van der Waals surface area contributed by atoms with Crippen molar-refractivity contribution in [3.8, 4) is 5.75 Å². The molecule has 0 radical (unpaired) electrons. The van der Waals surface area contributed by atoms with Crippen LogP contribution in [0.5, 0.6) is 5.75 Å². The number of nitrogens with zero attached hydrogens (tertiary/aromatic N) is 2. The number of benzene rings is 1. The molecule has 3 rings (SSSR count). The molecule has 1 aromatic carbocycles. The molecule has 1 unspecified atom stereocenters. The minimum absolute atomic E-state index is 0.0579. The van der Waals surface area contributed by atoms with Crippen molar-refractivity contribution in [1.82, 2.24) is 9.80 Å². The Morgan fingerprint density at radius 3 is 2.52 bits per heavy atom. The Labute approximate surface area is 168 Å². The molecule has 0 spiro atoms. The summed E-state index contributed by atoms with van der Waals surface area (Å²) in [6, 6.07) is 10.9. The highest BCUT2D eigenvalue weighted by atomic mass is 35.5. The number of carbonyl (C=O) groups is 2. The molecule has 1 aliphatic rings. The molecule has 144 valence electrons. The molecule has 2 heterocycles. The summed E-state index contributed by atoms with van der Waals surface area (Å²) in [5, 5.41) is 2.61. The molecule has 1 aromatic heterocycles. The summed E-state index contributed by atoms with van der Waals surface area (Å²) in [5.74, 6) is 0.678. The SMILES string of the molecule is CC(Oc1ccc(Cl)cc1)C(=O)N1CCCN(C(=O)Cc2cccs2)CC1. The van der Waals surface area contributed by atoms with Crippen LogP contribution in [0, 0.1) is 0 Å². The maximum absolute atomic E-state index is 12.7. The molecule has 0 aliphatic carbocycles. The fourth-order valence-electron chi connectivity index (χ4n) is 3.09. The van der Waals surface area contributed by atoms with Crippen LogP contribution in [0.4, 0.5) is 0 Å². The van der Waals surface area contributed by atoms with E-state index in [4.69, 9.17) is 16.3 Å². The number of halogens is 1. The predicted octanol–water partition coefficient (Wildman–Crippen LogP) is 3.47. The Kier molecular flexibility index (Phi) is 6.74. The minimum atomic E-state index is -0.584. The number of amides is 2. The molecular weight excluding hydrogens is 384 g/mol. The summed E-state index contributed by atoms with van der Waals surface area (Å²) >= 11 is 7.47. The Hall–Kier alpha value is -2.05. The zero-order chi connectivity index (χ0) is 19.2. The van der Waals surface area contributed by atoms with Crippen molar-refractivity contribution in [2.45, 2.75) is 25.9 Å². The van der Waals surface area contributed by atoms with Gasteiger partial charge in [0.15, 0.2) is 6.10 Å². The summed E-state index contributed by atoms with van der Waals surface area (Å²) in [6.07, 6.45) is 0.622. The van der Waals surface area contributed by atoms with Crippen LogP contribution in [0.25, 0.3) is 0 Å². The van der Waals surface area contributed by atoms with Crippen molar-refractivity contribution >= 4 is 34.8 Å². The van der Waals surface area contributed by atoms with Gasteiger partial charge in [0.2, 0.25) is 5.91 Å². The lowest BCUT2D eigenvalue weighted by Crippen LogP contribution is -2.43. The van der Waals surface area contributed by atoms with Gasteiger partial charge in [-0.1, -0.05) is 17.7 Å². The highest BCUT2D eigenvalue weighted by molar-refractivity contribution is 7.10. The molecule has 27 heavy (non-hydrogen) atoms. The van der Waals surface area contributed by atoms with Crippen molar-refractivity contribution in [3.63, 3.8) is 0 Å². The summed E-state index contributed by atoms with van der Waals surface area (Å²) in [6.45, 7) is 4.16. The van der Waals surface area contributed by atoms with E-state index < -0.39 is 6.10 Å². The van der Waals surface area contributed by atoms with Gasteiger partial charge in [-0.3, -0.25) is 9.59 Å². The highest BCUT2D eigenvalue weighted by Crippen LogP contribution is 2.18. The van der Waals surface area contributed by atoms with Crippen molar-refractivity contribution in [2.75, 3.05) is 26.2 Å². The summed E-state index contributed by atoms with van der Waals surface area (Å²) in [5.41, 5.74) is 0. The lowest BCUT2D eigenvalue weighted by atomic mass is 10.3.